The Balaban J connectivity index is 1.46. The second kappa shape index (κ2) is 8.72. The van der Waals surface area contributed by atoms with Crippen molar-refractivity contribution in [3.05, 3.63) is 42.5 Å². The van der Waals surface area contributed by atoms with Crippen molar-refractivity contribution in [2.45, 2.75) is 51.2 Å². The Kier molecular flexibility index (Phi) is 5.93. The van der Waals surface area contributed by atoms with Gasteiger partial charge in [0.05, 0.1) is 28.9 Å². The molecule has 0 radical (unpaired) electrons. The highest BCUT2D eigenvalue weighted by molar-refractivity contribution is 7.93. The van der Waals surface area contributed by atoms with E-state index in [1.165, 1.54) is 16.1 Å². The van der Waals surface area contributed by atoms with E-state index in [4.69, 9.17) is 4.74 Å². The van der Waals surface area contributed by atoms with Crippen molar-refractivity contribution in [1.82, 2.24) is 0 Å². The summed E-state index contributed by atoms with van der Waals surface area (Å²) in [6.45, 7) is 3.86. The van der Waals surface area contributed by atoms with Crippen LogP contribution in [0.4, 0.5) is 30.6 Å². The van der Waals surface area contributed by atoms with Crippen LogP contribution in [0.2, 0.25) is 0 Å². The number of sulfonamides is 1. The molecule has 1 saturated carbocycles. The largest absolute Gasteiger partial charge is 0.445 e. The van der Waals surface area contributed by atoms with Crippen LogP contribution in [0, 0.1) is 0 Å². The summed E-state index contributed by atoms with van der Waals surface area (Å²) >= 11 is 0. The molecule has 11 heteroatoms. The first-order chi connectivity index (χ1) is 16.9. The van der Waals surface area contributed by atoms with E-state index in [-0.39, 0.29) is 24.2 Å². The van der Waals surface area contributed by atoms with Crippen molar-refractivity contribution in [2.24, 2.45) is 0 Å². The first-order valence-electron chi connectivity index (χ1n) is 11.9. The molecule has 2 heterocycles. The van der Waals surface area contributed by atoms with Crippen LogP contribution in [0.25, 0.3) is 11.1 Å². The molecule has 0 unspecified atom stereocenters. The average molecular weight is 520 g/mol. The van der Waals surface area contributed by atoms with Gasteiger partial charge in [0, 0.05) is 32.9 Å². The van der Waals surface area contributed by atoms with E-state index in [9.17, 15) is 26.8 Å². The third-order valence-corrected chi connectivity index (χ3v) is 8.75. The molecular formula is C25H27F2N3O5S. The van der Waals surface area contributed by atoms with Crippen LogP contribution in [0.1, 0.15) is 33.1 Å². The Morgan fingerprint density at radius 2 is 1.69 bits per heavy atom. The number of hydrogen-bond acceptors (Lipinski definition) is 5. The zero-order valence-corrected chi connectivity index (χ0v) is 20.8. The highest BCUT2D eigenvalue weighted by Gasteiger charge is 2.48. The molecule has 2 aromatic rings. The molecule has 5 rings (SSSR count). The third kappa shape index (κ3) is 4.40. The molecule has 2 fully saturated rings. The number of hydrogen-bond donors (Lipinski definition) is 0. The lowest BCUT2D eigenvalue weighted by Gasteiger charge is -2.42. The number of carbonyl (C=O) groups excluding carboxylic acids is 2. The number of halogens is 2. The maximum atomic E-state index is 13.2. The molecule has 1 aliphatic carbocycles. The van der Waals surface area contributed by atoms with E-state index in [0.29, 0.717) is 30.0 Å². The molecule has 0 bridgehead atoms. The predicted octanol–water partition coefficient (Wildman–Crippen LogP) is 4.39. The van der Waals surface area contributed by atoms with Gasteiger partial charge in [-0.1, -0.05) is 18.2 Å². The molecule has 36 heavy (non-hydrogen) atoms. The van der Waals surface area contributed by atoms with E-state index in [1.54, 1.807) is 48.2 Å². The maximum Gasteiger partial charge on any atom is 0.414 e. The second-order valence-electron chi connectivity index (χ2n) is 9.61. The molecule has 2 amide bonds. The minimum Gasteiger partial charge on any atom is -0.445 e. The lowest BCUT2D eigenvalue weighted by molar-refractivity contribution is -0.143. The van der Waals surface area contributed by atoms with Gasteiger partial charge in [-0.05, 0) is 48.7 Å². The van der Waals surface area contributed by atoms with Crippen LogP contribution < -0.4 is 14.1 Å². The van der Waals surface area contributed by atoms with Gasteiger partial charge in [-0.3, -0.25) is 14.0 Å². The molecule has 0 N–H and O–H groups in total. The van der Waals surface area contributed by atoms with Crippen molar-refractivity contribution < 1.29 is 31.5 Å². The van der Waals surface area contributed by atoms with E-state index in [0.717, 1.165) is 11.1 Å². The Morgan fingerprint density at radius 1 is 1.03 bits per heavy atom. The smallest absolute Gasteiger partial charge is 0.414 e. The quantitative estimate of drug-likeness (QED) is 0.600. The van der Waals surface area contributed by atoms with E-state index in [2.05, 4.69) is 0 Å². The van der Waals surface area contributed by atoms with E-state index in [1.807, 2.05) is 6.07 Å². The Hall–Kier alpha value is -3.21. The first kappa shape index (κ1) is 24.5. The van der Waals surface area contributed by atoms with Crippen LogP contribution in [-0.2, 0) is 19.6 Å². The summed E-state index contributed by atoms with van der Waals surface area (Å²) in [4.78, 5) is 28.4. The summed E-state index contributed by atoms with van der Waals surface area (Å²) in [6.07, 6.45) is -1.96. The topological polar surface area (TPSA) is 87.2 Å². The van der Waals surface area contributed by atoms with Gasteiger partial charge in [0.1, 0.15) is 6.10 Å². The fourth-order valence-corrected chi connectivity index (χ4v) is 6.67. The molecule has 1 atom stereocenters. The number of benzene rings is 2. The summed E-state index contributed by atoms with van der Waals surface area (Å²) in [6, 6.07) is 12.1. The number of amides is 2. The number of fused-ring (bicyclic) bond motifs is 1. The average Bonchev–Trinajstić information content (AvgIpc) is 3.15. The molecule has 3 aliphatic rings. The van der Waals surface area contributed by atoms with Crippen LogP contribution in [0.3, 0.4) is 0 Å². The number of carbonyl (C=O) groups is 2. The highest BCUT2D eigenvalue weighted by atomic mass is 32.2. The molecule has 192 valence electrons. The van der Waals surface area contributed by atoms with Gasteiger partial charge < -0.3 is 9.64 Å². The van der Waals surface area contributed by atoms with Gasteiger partial charge in [0.15, 0.2) is 0 Å². The zero-order chi connectivity index (χ0) is 25.8. The number of nitrogens with zero attached hydrogens (tertiary/aromatic N) is 3. The zero-order valence-electron chi connectivity index (χ0n) is 20.0. The number of alkyl halides is 2. The van der Waals surface area contributed by atoms with Crippen molar-refractivity contribution in [3.8, 4) is 11.1 Å². The fourth-order valence-electron chi connectivity index (χ4n) is 5.10. The van der Waals surface area contributed by atoms with Crippen molar-refractivity contribution in [1.29, 1.82) is 0 Å². The molecule has 1 saturated heterocycles. The predicted molar refractivity (Wildman–Crippen MR) is 132 cm³/mol. The van der Waals surface area contributed by atoms with Crippen LogP contribution >= 0.6 is 0 Å². The number of ether oxygens (including phenoxy) is 1. The first-order valence-corrected chi connectivity index (χ1v) is 13.5. The van der Waals surface area contributed by atoms with Gasteiger partial charge in [-0.2, -0.15) is 0 Å². The van der Waals surface area contributed by atoms with Crippen molar-refractivity contribution in [2.75, 3.05) is 32.9 Å². The lowest BCUT2D eigenvalue weighted by Crippen LogP contribution is -2.53. The Bertz CT molecular complexity index is 1310. The van der Waals surface area contributed by atoms with Gasteiger partial charge in [-0.15, -0.1) is 0 Å². The van der Waals surface area contributed by atoms with Crippen molar-refractivity contribution >= 4 is 39.1 Å². The fraction of sp³-hybridized carbons (Fsp3) is 0.440. The standard InChI is InChI=1S/C25H27F2N3O5S/c1-16-15-28(24(32)35-21-13-25(26,27)14-21)23-12-19(6-9-22(23)30(16)17(2)31)18-4-7-20(8-5-18)29-10-3-11-36(29,33)34/h4-9,12,16,21H,3,10-11,13-15H2,1-2H3/t16-/m0/s1. The SMILES string of the molecule is CC(=O)N1c2ccc(-c3ccc(N4CCCS4(=O)=O)cc3)cc2N(C(=O)OC2CC(F)(F)C2)C[C@@H]1C. The molecule has 2 aliphatic heterocycles. The highest BCUT2D eigenvalue weighted by Crippen LogP contribution is 2.42. The van der Waals surface area contributed by atoms with Gasteiger partial charge in [0.25, 0.3) is 5.92 Å². The lowest BCUT2D eigenvalue weighted by atomic mass is 9.91. The summed E-state index contributed by atoms with van der Waals surface area (Å²) in [5.74, 6) is -2.86. The van der Waals surface area contributed by atoms with Crippen LogP contribution in [-0.4, -0.2) is 57.3 Å². The third-order valence-electron chi connectivity index (χ3n) is 6.88. The normalized spacial score (nSPS) is 22.7. The summed E-state index contributed by atoms with van der Waals surface area (Å²) < 4.78 is 57.7. The minimum absolute atomic E-state index is 0.134. The van der Waals surface area contributed by atoms with Crippen LogP contribution in [0.15, 0.2) is 42.5 Å². The van der Waals surface area contributed by atoms with Crippen molar-refractivity contribution in [3.63, 3.8) is 0 Å². The molecule has 0 spiro atoms. The summed E-state index contributed by atoms with van der Waals surface area (Å²) in [5, 5.41) is 0. The van der Waals surface area contributed by atoms with E-state index < -0.39 is 41.0 Å². The Morgan fingerprint density at radius 3 is 2.28 bits per heavy atom. The second-order valence-corrected chi connectivity index (χ2v) is 11.6. The Labute approximate surface area is 208 Å². The molecule has 2 aromatic carbocycles. The van der Waals surface area contributed by atoms with Gasteiger partial charge in [0.2, 0.25) is 15.9 Å². The number of rotatable bonds is 3. The summed E-state index contributed by atoms with van der Waals surface area (Å²) in [7, 11) is -3.29. The summed E-state index contributed by atoms with van der Waals surface area (Å²) in [5.41, 5.74) is 3.10. The maximum absolute atomic E-state index is 13.2. The van der Waals surface area contributed by atoms with Crippen LogP contribution in [0.5, 0.6) is 0 Å². The monoisotopic (exact) mass is 519 g/mol. The molecule has 0 aromatic heterocycles. The minimum atomic E-state index is -3.29. The molecule has 8 nitrogen and oxygen atoms in total. The van der Waals surface area contributed by atoms with Gasteiger partial charge in [-0.25, -0.2) is 22.0 Å². The van der Waals surface area contributed by atoms with E-state index >= 15 is 0 Å². The number of anilines is 3. The molecular weight excluding hydrogens is 492 g/mol. The van der Waals surface area contributed by atoms with Gasteiger partial charge >= 0.3 is 6.09 Å².